The van der Waals surface area contributed by atoms with E-state index in [1.165, 1.54) is 12.1 Å². The van der Waals surface area contributed by atoms with Gasteiger partial charge in [-0.25, -0.2) is 17.5 Å². The molecule has 18 heavy (non-hydrogen) atoms. The van der Waals surface area contributed by atoms with Gasteiger partial charge in [0.05, 0.1) is 6.26 Å². The molecule has 0 unspecified atom stereocenters. The van der Waals surface area contributed by atoms with Crippen LogP contribution in [0.15, 0.2) is 22.6 Å². The molecule has 0 aliphatic carbocycles. The molecular formula is C10H10FN3O3S. The highest BCUT2D eigenvalue weighted by molar-refractivity contribution is 7.91. The van der Waals surface area contributed by atoms with Gasteiger partial charge in [-0.2, -0.15) is 0 Å². The standard InChI is InChI=1S/C10H10FN3O3S/c1-6-3-4-7(11)5-8(6)9-12-13-10(17-9)14-18(2,15)16/h3-5H,1-2H3,(H,13,14). The Morgan fingerprint density at radius 3 is 2.72 bits per heavy atom. The summed E-state index contributed by atoms with van der Waals surface area (Å²) in [5.74, 6) is -0.385. The Bertz CT molecular complexity index is 681. The zero-order chi connectivity index (χ0) is 13.3. The number of halogens is 1. The summed E-state index contributed by atoms with van der Waals surface area (Å²) in [5, 5.41) is 7.18. The van der Waals surface area contributed by atoms with Crippen LogP contribution in [0.2, 0.25) is 0 Å². The van der Waals surface area contributed by atoms with Gasteiger partial charge in [0.2, 0.25) is 15.9 Å². The molecule has 0 bridgehead atoms. The van der Waals surface area contributed by atoms with Gasteiger partial charge < -0.3 is 4.42 Å². The molecular weight excluding hydrogens is 261 g/mol. The second-order valence-electron chi connectivity index (χ2n) is 3.75. The molecule has 0 aliphatic heterocycles. The quantitative estimate of drug-likeness (QED) is 0.915. The Morgan fingerprint density at radius 1 is 1.33 bits per heavy atom. The van der Waals surface area contributed by atoms with Crippen molar-refractivity contribution in [2.24, 2.45) is 0 Å². The van der Waals surface area contributed by atoms with Crippen molar-refractivity contribution in [2.75, 3.05) is 11.0 Å². The highest BCUT2D eigenvalue weighted by Crippen LogP contribution is 2.24. The number of hydrogen-bond donors (Lipinski definition) is 1. The van der Waals surface area contributed by atoms with E-state index < -0.39 is 15.8 Å². The van der Waals surface area contributed by atoms with Crippen molar-refractivity contribution in [3.05, 3.63) is 29.6 Å². The molecule has 1 heterocycles. The van der Waals surface area contributed by atoms with Crippen LogP contribution in [0.5, 0.6) is 0 Å². The monoisotopic (exact) mass is 271 g/mol. The lowest BCUT2D eigenvalue weighted by atomic mass is 10.1. The molecule has 0 saturated carbocycles. The molecule has 6 nitrogen and oxygen atoms in total. The van der Waals surface area contributed by atoms with Crippen molar-refractivity contribution < 1.29 is 17.2 Å². The third kappa shape index (κ3) is 2.83. The van der Waals surface area contributed by atoms with E-state index >= 15 is 0 Å². The highest BCUT2D eigenvalue weighted by atomic mass is 32.2. The minimum absolute atomic E-state index is 0.0538. The zero-order valence-electron chi connectivity index (χ0n) is 9.64. The summed E-state index contributed by atoms with van der Waals surface area (Å²) in [6, 6.07) is 3.87. The number of benzene rings is 1. The van der Waals surface area contributed by atoms with Gasteiger partial charge in [-0.15, -0.1) is 5.10 Å². The summed E-state index contributed by atoms with van der Waals surface area (Å²) in [6.45, 7) is 1.75. The van der Waals surface area contributed by atoms with E-state index in [-0.39, 0.29) is 11.9 Å². The molecule has 0 aliphatic rings. The summed E-state index contributed by atoms with van der Waals surface area (Å²) in [7, 11) is -3.48. The lowest BCUT2D eigenvalue weighted by Gasteiger charge is -2.00. The van der Waals surface area contributed by atoms with E-state index in [0.29, 0.717) is 5.56 Å². The number of sulfonamides is 1. The molecule has 2 rings (SSSR count). The van der Waals surface area contributed by atoms with Crippen molar-refractivity contribution >= 4 is 16.0 Å². The van der Waals surface area contributed by atoms with Crippen LogP contribution in [0.1, 0.15) is 5.56 Å². The van der Waals surface area contributed by atoms with Crippen molar-refractivity contribution in [3.63, 3.8) is 0 Å². The average Bonchev–Trinajstić information content (AvgIpc) is 2.67. The number of rotatable bonds is 3. The topological polar surface area (TPSA) is 85.1 Å². The molecule has 96 valence electrons. The van der Waals surface area contributed by atoms with Gasteiger partial charge in [0.25, 0.3) is 0 Å². The first kappa shape index (κ1) is 12.5. The van der Waals surface area contributed by atoms with E-state index in [1.807, 2.05) is 4.72 Å². The van der Waals surface area contributed by atoms with Crippen molar-refractivity contribution in [2.45, 2.75) is 6.92 Å². The van der Waals surface area contributed by atoms with Crippen LogP contribution in [0.3, 0.4) is 0 Å². The maximum absolute atomic E-state index is 13.1. The Morgan fingerprint density at radius 2 is 2.06 bits per heavy atom. The normalized spacial score (nSPS) is 11.5. The minimum Gasteiger partial charge on any atom is -0.403 e. The van der Waals surface area contributed by atoms with Crippen LogP contribution in [0, 0.1) is 12.7 Å². The number of nitrogens with one attached hydrogen (secondary N) is 1. The van der Waals surface area contributed by atoms with E-state index in [2.05, 4.69) is 10.2 Å². The fraction of sp³-hybridized carbons (Fsp3) is 0.200. The maximum Gasteiger partial charge on any atom is 0.329 e. The lowest BCUT2D eigenvalue weighted by molar-refractivity contribution is 0.577. The molecule has 0 spiro atoms. The van der Waals surface area contributed by atoms with E-state index in [9.17, 15) is 12.8 Å². The van der Waals surface area contributed by atoms with Crippen LogP contribution >= 0.6 is 0 Å². The van der Waals surface area contributed by atoms with E-state index in [1.54, 1.807) is 13.0 Å². The van der Waals surface area contributed by atoms with Crippen LogP contribution in [0.25, 0.3) is 11.5 Å². The summed E-state index contributed by atoms with van der Waals surface area (Å²) in [5.41, 5.74) is 1.16. The molecule has 2 aromatic rings. The average molecular weight is 271 g/mol. The van der Waals surface area contributed by atoms with Gasteiger partial charge in [-0.05, 0) is 24.6 Å². The van der Waals surface area contributed by atoms with Gasteiger partial charge >= 0.3 is 6.01 Å². The molecule has 0 saturated heterocycles. The predicted octanol–water partition coefficient (Wildman–Crippen LogP) is 1.56. The zero-order valence-corrected chi connectivity index (χ0v) is 10.5. The van der Waals surface area contributed by atoms with Gasteiger partial charge in [-0.3, -0.25) is 0 Å². The van der Waals surface area contributed by atoms with Crippen molar-refractivity contribution in [3.8, 4) is 11.5 Å². The summed E-state index contributed by atoms with van der Waals surface area (Å²) in [6.07, 6.45) is 0.963. The Hall–Kier alpha value is -1.96. The predicted molar refractivity (Wildman–Crippen MR) is 62.9 cm³/mol. The fourth-order valence-electron chi connectivity index (χ4n) is 1.36. The second-order valence-corrected chi connectivity index (χ2v) is 5.49. The fourth-order valence-corrected chi connectivity index (χ4v) is 1.76. The minimum atomic E-state index is -3.48. The van der Waals surface area contributed by atoms with Crippen LogP contribution in [-0.2, 0) is 10.0 Å². The SMILES string of the molecule is Cc1ccc(F)cc1-c1nnc(NS(C)(=O)=O)o1. The molecule has 0 amide bonds. The second kappa shape index (κ2) is 4.37. The van der Waals surface area contributed by atoms with Crippen LogP contribution < -0.4 is 4.72 Å². The van der Waals surface area contributed by atoms with E-state index in [0.717, 1.165) is 11.8 Å². The molecule has 0 radical (unpaired) electrons. The first-order valence-electron chi connectivity index (χ1n) is 4.93. The third-order valence-corrected chi connectivity index (χ3v) is 2.67. The number of anilines is 1. The van der Waals surface area contributed by atoms with Crippen molar-refractivity contribution in [1.29, 1.82) is 0 Å². The number of aromatic nitrogens is 2. The number of nitrogens with zero attached hydrogens (tertiary/aromatic N) is 2. The smallest absolute Gasteiger partial charge is 0.329 e. The molecule has 0 fully saturated rings. The number of hydrogen-bond acceptors (Lipinski definition) is 5. The molecule has 1 aromatic carbocycles. The summed E-state index contributed by atoms with van der Waals surface area (Å²) < 4.78 is 42.2. The Labute approximate surface area is 103 Å². The first-order chi connectivity index (χ1) is 8.35. The maximum atomic E-state index is 13.1. The highest BCUT2D eigenvalue weighted by Gasteiger charge is 2.14. The van der Waals surface area contributed by atoms with Crippen LogP contribution in [0.4, 0.5) is 10.4 Å². The van der Waals surface area contributed by atoms with Gasteiger partial charge in [0, 0.05) is 5.56 Å². The van der Waals surface area contributed by atoms with Gasteiger partial charge in [-0.1, -0.05) is 11.2 Å². The van der Waals surface area contributed by atoms with Crippen molar-refractivity contribution in [1.82, 2.24) is 10.2 Å². The molecule has 1 aromatic heterocycles. The summed E-state index contributed by atoms with van der Waals surface area (Å²) >= 11 is 0. The molecule has 0 atom stereocenters. The number of aryl methyl sites for hydroxylation is 1. The Balaban J connectivity index is 2.38. The lowest BCUT2D eigenvalue weighted by Crippen LogP contribution is -2.09. The first-order valence-corrected chi connectivity index (χ1v) is 6.82. The molecule has 8 heteroatoms. The largest absolute Gasteiger partial charge is 0.403 e. The summed E-state index contributed by atoms with van der Waals surface area (Å²) in [4.78, 5) is 0. The Kier molecular flexibility index (Phi) is 3.04. The van der Waals surface area contributed by atoms with Gasteiger partial charge in [0.1, 0.15) is 5.82 Å². The van der Waals surface area contributed by atoms with Crippen LogP contribution in [-0.4, -0.2) is 24.9 Å². The van der Waals surface area contributed by atoms with E-state index in [4.69, 9.17) is 4.42 Å². The van der Waals surface area contributed by atoms with Gasteiger partial charge in [0.15, 0.2) is 0 Å². The third-order valence-electron chi connectivity index (χ3n) is 2.13. The molecule has 1 N–H and O–H groups in total.